The van der Waals surface area contributed by atoms with Gasteiger partial charge in [-0.05, 0) is 91.6 Å². The summed E-state index contributed by atoms with van der Waals surface area (Å²) in [6.07, 6.45) is 22.0. The quantitative estimate of drug-likeness (QED) is 0.639. The molecule has 2 heteroatoms. The van der Waals surface area contributed by atoms with Gasteiger partial charge in [0.05, 0.1) is 5.92 Å². The van der Waals surface area contributed by atoms with Crippen LogP contribution in [0, 0.1) is 40.4 Å². The van der Waals surface area contributed by atoms with E-state index in [-0.39, 0.29) is 5.92 Å². The van der Waals surface area contributed by atoms with Crippen molar-refractivity contribution in [3.63, 3.8) is 0 Å². The lowest BCUT2D eigenvalue weighted by Gasteiger charge is -2.61. The van der Waals surface area contributed by atoms with Crippen LogP contribution in [0.5, 0.6) is 0 Å². The molecular weight excluding hydrogens is 330 g/mol. The van der Waals surface area contributed by atoms with Crippen molar-refractivity contribution >= 4 is 5.78 Å². The van der Waals surface area contributed by atoms with E-state index in [0.29, 0.717) is 22.5 Å². The van der Waals surface area contributed by atoms with Gasteiger partial charge in [-0.2, -0.15) is 0 Å². The Balaban J connectivity index is 1.48. The number of ketones is 1. The highest BCUT2D eigenvalue weighted by Gasteiger charge is 2.60. The Kier molecular flexibility index (Phi) is 4.18. The van der Waals surface area contributed by atoms with E-state index in [9.17, 15) is 4.79 Å². The zero-order valence-electron chi connectivity index (χ0n) is 17.0. The molecule has 2 nitrogen and oxygen atoms in total. The van der Waals surface area contributed by atoms with Gasteiger partial charge in [-0.1, -0.05) is 32.4 Å². The number of Topliss-reactive ketones (excluding diaryl/α,β-unsaturated/α-hetero) is 1. The third-order valence-corrected chi connectivity index (χ3v) is 9.56. The molecule has 1 unspecified atom stereocenters. The summed E-state index contributed by atoms with van der Waals surface area (Å²) in [7, 11) is 0. The van der Waals surface area contributed by atoms with Gasteiger partial charge in [0, 0.05) is 18.3 Å². The second-order valence-corrected chi connectivity index (χ2v) is 10.6. The van der Waals surface area contributed by atoms with Crippen LogP contribution in [0.3, 0.4) is 0 Å². The molecule has 4 fully saturated rings. The number of carbonyl (C=O) groups excluding carboxylic acids is 1. The second-order valence-electron chi connectivity index (χ2n) is 10.6. The number of fused-ring (bicyclic) bond motifs is 5. The largest absolute Gasteiger partial charge is 0.364 e. The van der Waals surface area contributed by atoms with Crippen LogP contribution in [0.1, 0.15) is 71.6 Å². The molecule has 0 aromatic carbocycles. The molecule has 7 atom stereocenters. The van der Waals surface area contributed by atoms with Crippen molar-refractivity contribution in [3.8, 4) is 0 Å². The fourth-order valence-electron chi connectivity index (χ4n) is 8.22. The summed E-state index contributed by atoms with van der Waals surface area (Å²) in [6.45, 7) is 5.15. The van der Waals surface area contributed by atoms with Crippen molar-refractivity contribution < 1.29 is 4.79 Å². The van der Waals surface area contributed by atoms with E-state index in [0.717, 1.165) is 36.3 Å². The van der Waals surface area contributed by atoms with Gasteiger partial charge >= 0.3 is 0 Å². The minimum atomic E-state index is 0.0778. The minimum absolute atomic E-state index is 0.0778. The van der Waals surface area contributed by atoms with Crippen LogP contribution in [0.15, 0.2) is 36.2 Å². The first kappa shape index (κ1) is 17.8. The number of nitrogens with one attached hydrogen (secondary N) is 1. The molecule has 1 heterocycles. The molecule has 1 aliphatic heterocycles. The van der Waals surface area contributed by atoms with E-state index >= 15 is 0 Å². The number of rotatable bonds is 1. The van der Waals surface area contributed by atoms with Gasteiger partial charge in [-0.3, -0.25) is 4.79 Å². The van der Waals surface area contributed by atoms with Gasteiger partial charge < -0.3 is 5.32 Å². The Morgan fingerprint density at radius 3 is 2.70 bits per heavy atom. The fraction of sp³-hybridized carbons (Fsp3) is 0.720. The van der Waals surface area contributed by atoms with Crippen molar-refractivity contribution in [2.45, 2.75) is 71.6 Å². The normalized spacial score (nSPS) is 48.7. The van der Waals surface area contributed by atoms with Crippen molar-refractivity contribution in [2.24, 2.45) is 40.4 Å². The molecule has 4 saturated carbocycles. The van der Waals surface area contributed by atoms with Gasteiger partial charge in [0.25, 0.3) is 0 Å². The lowest BCUT2D eigenvalue weighted by atomic mass is 9.43. The molecule has 0 bridgehead atoms. The summed E-state index contributed by atoms with van der Waals surface area (Å²) >= 11 is 0. The third-order valence-electron chi connectivity index (χ3n) is 9.56. The molecule has 0 spiro atoms. The first-order valence-electron chi connectivity index (χ1n) is 11.4. The summed E-state index contributed by atoms with van der Waals surface area (Å²) in [5.74, 6) is 3.77. The van der Waals surface area contributed by atoms with E-state index in [1.54, 1.807) is 0 Å². The molecule has 146 valence electrons. The predicted molar refractivity (Wildman–Crippen MR) is 110 cm³/mol. The smallest absolute Gasteiger partial charge is 0.142 e. The standard InChI is InChI=1S/C25H35NO/c1-24-13-6-7-18(24)17-9-10-20-23(21-8-4-3-5-16-26-21)22(27)12-15-25(20,2)19(17)11-14-24/h3-5,8,16-20,23,26H,6-7,9-15H2,1-2H3/t17-,18-,19-,20-,23?,24-,25+/m0/s1. The monoisotopic (exact) mass is 365 g/mol. The molecule has 5 rings (SSSR count). The van der Waals surface area contributed by atoms with Crippen LogP contribution in [-0.2, 0) is 4.79 Å². The molecule has 0 aromatic heterocycles. The zero-order valence-corrected chi connectivity index (χ0v) is 17.0. The Labute approximate surface area is 164 Å². The van der Waals surface area contributed by atoms with Crippen LogP contribution in [-0.4, -0.2) is 5.78 Å². The molecule has 0 amide bonds. The average Bonchev–Trinajstić information content (AvgIpc) is 2.87. The van der Waals surface area contributed by atoms with Crippen LogP contribution in [0.4, 0.5) is 0 Å². The zero-order chi connectivity index (χ0) is 18.6. The Morgan fingerprint density at radius 2 is 1.81 bits per heavy atom. The Morgan fingerprint density at radius 1 is 0.926 bits per heavy atom. The number of hydrogen-bond acceptors (Lipinski definition) is 2. The fourth-order valence-corrected chi connectivity index (χ4v) is 8.22. The lowest BCUT2D eigenvalue weighted by Crippen LogP contribution is -2.56. The summed E-state index contributed by atoms with van der Waals surface area (Å²) < 4.78 is 0. The van der Waals surface area contributed by atoms with Crippen LogP contribution < -0.4 is 5.32 Å². The van der Waals surface area contributed by atoms with E-state index in [2.05, 4.69) is 31.3 Å². The van der Waals surface area contributed by atoms with E-state index in [1.807, 2.05) is 18.4 Å². The molecular formula is C25H35NO. The van der Waals surface area contributed by atoms with E-state index < -0.39 is 0 Å². The lowest BCUT2D eigenvalue weighted by molar-refractivity contribution is -0.146. The molecule has 0 radical (unpaired) electrons. The number of allylic oxidation sites excluding steroid dienone is 5. The second kappa shape index (κ2) is 6.36. The third kappa shape index (κ3) is 2.62. The minimum Gasteiger partial charge on any atom is -0.364 e. The number of carbonyl (C=O) groups is 1. The maximum Gasteiger partial charge on any atom is 0.142 e. The van der Waals surface area contributed by atoms with Gasteiger partial charge in [0.15, 0.2) is 0 Å². The summed E-state index contributed by atoms with van der Waals surface area (Å²) in [5, 5.41) is 3.44. The van der Waals surface area contributed by atoms with Crippen LogP contribution in [0.2, 0.25) is 0 Å². The van der Waals surface area contributed by atoms with E-state index in [4.69, 9.17) is 0 Å². The average molecular weight is 366 g/mol. The van der Waals surface area contributed by atoms with Gasteiger partial charge in [-0.15, -0.1) is 0 Å². The Hall–Kier alpha value is -1.31. The summed E-state index contributed by atoms with van der Waals surface area (Å²) in [4.78, 5) is 13.1. The first-order chi connectivity index (χ1) is 13.0. The molecule has 4 aliphatic carbocycles. The first-order valence-corrected chi connectivity index (χ1v) is 11.4. The Bertz CT molecular complexity index is 718. The van der Waals surface area contributed by atoms with Crippen molar-refractivity contribution in [2.75, 3.05) is 0 Å². The topological polar surface area (TPSA) is 29.1 Å². The summed E-state index contributed by atoms with van der Waals surface area (Å²) in [5.41, 5.74) is 2.10. The highest BCUT2D eigenvalue weighted by atomic mass is 16.1. The maximum absolute atomic E-state index is 13.1. The predicted octanol–water partition coefficient (Wildman–Crippen LogP) is 5.77. The van der Waals surface area contributed by atoms with Gasteiger partial charge in [-0.25, -0.2) is 0 Å². The van der Waals surface area contributed by atoms with Crippen LogP contribution in [0.25, 0.3) is 0 Å². The SMILES string of the molecule is C[C@@]12CCC[C@H]1[C@@H]1CC[C@H]3C(C4=CC=CC=CN4)C(=O)CC[C@]3(C)[C@H]1CC2. The highest BCUT2D eigenvalue weighted by Crippen LogP contribution is 2.66. The van der Waals surface area contributed by atoms with Crippen molar-refractivity contribution in [1.82, 2.24) is 5.32 Å². The number of hydrogen-bond donors (Lipinski definition) is 1. The molecule has 27 heavy (non-hydrogen) atoms. The van der Waals surface area contributed by atoms with Crippen molar-refractivity contribution in [3.05, 3.63) is 36.2 Å². The molecule has 0 saturated heterocycles. The maximum atomic E-state index is 13.1. The van der Waals surface area contributed by atoms with Gasteiger partial charge in [0.2, 0.25) is 0 Å². The van der Waals surface area contributed by atoms with Gasteiger partial charge in [0.1, 0.15) is 5.78 Å². The van der Waals surface area contributed by atoms with Crippen molar-refractivity contribution in [1.29, 1.82) is 0 Å². The molecule has 1 N–H and O–H groups in total. The van der Waals surface area contributed by atoms with E-state index in [1.165, 1.54) is 44.9 Å². The highest BCUT2D eigenvalue weighted by molar-refractivity contribution is 5.85. The van der Waals surface area contributed by atoms with Crippen LogP contribution >= 0.6 is 0 Å². The molecule has 0 aromatic rings. The summed E-state index contributed by atoms with van der Waals surface area (Å²) in [6, 6.07) is 0. The molecule has 5 aliphatic rings.